The number of aryl methyl sites for hydroxylation is 1. The summed E-state index contributed by atoms with van der Waals surface area (Å²) in [6.45, 7) is 4.04. The maximum atomic E-state index is 12.0. The van der Waals surface area contributed by atoms with Gasteiger partial charge < -0.3 is 9.73 Å². The molecule has 4 atom stereocenters. The Morgan fingerprint density at radius 3 is 2.85 bits per heavy atom. The topological polar surface area (TPSA) is 42.2 Å². The lowest BCUT2D eigenvalue weighted by atomic mass is 9.84. The molecule has 3 rings (SSSR count). The van der Waals surface area contributed by atoms with Crippen LogP contribution in [0, 0.1) is 24.7 Å². The zero-order valence-electron chi connectivity index (χ0n) is 12.3. The van der Waals surface area contributed by atoms with E-state index in [1.807, 2.05) is 19.1 Å². The number of hydrogen-bond donors (Lipinski definition) is 1. The van der Waals surface area contributed by atoms with E-state index in [1.165, 1.54) is 25.7 Å². The maximum Gasteiger partial charge on any atom is 0.244 e. The molecule has 0 unspecified atom stereocenters. The van der Waals surface area contributed by atoms with Crippen molar-refractivity contribution >= 4 is 12.0 Å². The van der Waals surface area contributed by atoms with Crippen LogP contribution in [0.3, 0.4) is 0 Å². The van der Waals surface area contributed by atoms with Gasteiger partial charge in [-0.3, -0.25) is 4.79 Å². The molecule has 2 aliphatic rings. The van der Waals surface area contributed by atoms with Gasteiger partial charge in [-0.2, -0.15) is 0 Å². The summed E-state index contributed by atoms with van der Waals surface area (Å²) in [7, 11) is 0. The lowest BCUT2D eigenvalue weighted by molar-refractivity contribution is -0.117. The fraction of sp³-hybridized carbons (Fsp3) is 0.588. The fourth-order valence-electron chi connectivity index (χ4n) is 3.99. The highest BCUT2D eigenvalue weighted by atomic mass is 16.3. The predicted octanol–water partition coefficient (Wildman–Crippen LogP) is 3.54. The highest BCUT2D eigenvalue weighted by Gasteiger charge is 2.41. The maximum absolute atomic E-state index is 12.0. The molecule has 2 fully saturated rings. The van der Waals surface area contributed by atoms with Crippen LogP contribution in [0.25, 0.3) is 6.08 Å². The molecule has 1 N–H and O–H groups in total. The second-order valence-electron chi connectivity index (χ2n) is 6.42. The molecule has 2 saturated carbocycles. The third kappa shape index (κ3) is 2.82. The molecule has 0 aromatic carbocycles. The summed E-state index contributed by atoms with van der Waals surface area (Å²) in [5, 5.41) is 3.12. The SMILES string of the molecule is Cc1ccc(/C=C\C(=O)N[C@H](C)[C@@H]2C[C@H]3CC[C@H]2C3)o1. The molecule has 20 heavy (non-hydrogen) atoms. The van der Waals surface area contributed by atoms with Crippen molar-refractivity contribution in [2.24, 2.45) is 17.8 Å². The second-order valence-corrected chi connectivity index (χ2v) is 6.42. The van der Waals surface area contributed by atoms with Crippen molar-refractivity contribution in [3.05, 3.63) is 29.7 Å². The summed E-state index contributed by atoms with van der Waals surface area (Å²) in [5.41, 5.74) is 0. The number of fused-ring (bicyclic) bond motifs is 2. The van der Waals surface area contributed by atoms with Crippen molar-refractivity contribution in [1.29, 1.82) is 0 Å². The van der Waals surface area contributed by atoms with E-state index in [4.69, 9.17) is 4.42 Å². The minimum absolute atomic E-state index is 0.0191. The molecule has 1 heterocycles. The summed E-state index contributed by atoms with van der Waals surface area (Å²) in [5.74, 6) is 4.01. The molecule has 0 aliphatic heterocycles. The number of hydrogen-bond acceptors (Lipinski definition) is 2. The van der Waals surface area contributed by atoms with Crippen molar-refractivity contribution in [3.8, 4) is 0 Å². The quantitative estimate of drug-likeness (QED) is 0.853. The summed E-state index contributed by atoms with van der Waals surface area (Å²) >= 11 is 0. The van der Waals surface area contributed by atoms with Gasteiger partial charge >= 0.3 is 0 Å². The molecule has 3 nitrogen and oxygen atoms in total. The van der Waals surface area contributed by atoms with Gasteiger partial charge in [0.05, 0.1) is 0 Å². The van der Waals surface area contributed by atoms with Crippen LogP contribution in [0.15, 0.2) is 22.6 Å². The van der Waals surface area contributed by atoms with Crippen molar-refractivity contribution in [3.63, 3.8) is 0 Å². The Bertz CT molecular complexity index is 517. The van der Waals surface area contributed by atoms with Crippen LogP contribution in [0.2, 0.25) is 0 Å². The molecule has 1 aromatic rings. The number of rotatable bonds is 4. The second kappa shape index (κ2) is 5.47. The normalized spacial score (nSPS) is 30.0. The standard InChI is InChI=1S/C17H23NO2/c1-11-3-6-15(20-11)7-8-17(19)18-12(2)16-10-13-4-5-14(16)9-13/h3,6-8,12-14,16H,4-5,9-10H2,1-2H3,(H,18,19)/b8-7-/t12-,13+,14+,16+/m1/s1. The Hall–Kier alpha value is -1.51. The Balaban J connectivity index is 1.52. The van der Waals surface area contributed by atoms with Gasteiger partial charge in [0.2, 0.25) is 5.91 Å². The zero-order chi connectivity index (χ0) is 14.1. The van der Waals surface area contributed by atoms with Crippen LogP contribution in [-0.4, -0.2) is 11.9 Å². The number of nitrogens with one attached hydrogen (secondary N) is 1. The Labute approximate surface area is 120 Å². The molecule has 3 heteroatoms. The first-order chi connectivity index (χ1) is 9.61. The number of carbonyl (C=O) groups excluding carboxylic acids is 1. The highest BCUT2D eigenvalue weighted by Crippen LogP contribution is 2.49. The number of carbonyl (C=O) groups is 1. The first kappa shape index (κ1) is 13.5. The van der Waals surface area contributed by atoms with Gasteiger partial charge in [0.25, 0.3) is 0 Å². The molecular formula is C17H23NO2. The summed E-state index contributed by atoms with van der Waals surface area (Å²) in [4.78, 5) is 12.0. The van der Waals surface area contributed by atoms with Gasteiger partial charge in [-0.25, -0.2) is 0 Å². The van der Waals surface area contributed by atoms with Gasteiger partial charge in [0.15, 0.2) is 0 Å². The number of amides is 1. The Morgan fingerprint density at radius 1 is 1.40 bits per heavy atom. The van der Waals surface area contributed by atoms with Gasteiger partial charge in [-0.05, 0) is 69.1 Å². The monoisotopic (exact) mass is 273 g/mol. The van der Waals surface area contributed by atoms with E-state index in [0.29, 0.717) is 5.92 Å². The molecule has 1 aromatic heterocycles. The molecule has 1 amide bonds. The first-order valence-electron chi connectivity index (χ1n) is 7.67. The van der Waals surface area contributed by atoms with Gasteiger partial charge in [-0.1, -0.05) is 6.42 Å². The average Bonchev–Trinajstić information content (AvgIpc) is 3.12. The van der Waals surface area contributed by atoms with Crippen molar-refractivity contribution in [1.82, 2.24) is 5.32 Å². The van der Waals surface area contributed by atoms with Crippen molar-refractivity contribution in [2.45, 2.75) is 45.6 Å². The molecule has 108 valence electrons. The van der Waals surface area contributed by atoms with E-state index >= 15 is 0 Å². The molecule has 0 radical (unpaired) electrons. The third-order valence-electron chi connectivity index (χ3n) is 4.97. The van der Waals surface area contributed by atoms with Gasteiger partial charge in [0.1, 0.15) is 11.5 Å². The largest absolute Gasteiger partial charge is 0.462 e. The number of furan rings is 1. The van der Waals surface area contributed by atoms with E-state index in [-0.39, 0.29) is 11.9 Å². The molecule has 2 bridgehead atoms. The van der Waals surface area contributed by atoms with E-state index < -0.39 is 0 Å². The van der Waals surface area contributed by atoms with Gasteiger partial charge in [0, 0.05) is 12.1 Å². The zero-order valence-corrected chi connectivity index (χ0v) is 12.3. The average molecular weight is 273 g/mol. The van der Waals surface area contributed by atoms with Crippen LogP contribution in [0.5, 0.6) is 0 Å². The smallest absolute Gasteiger partial charge is 0.244 e. The van der Waals surface area contributed by atoms with Crippen LogP contribution < -0.4 is 5.32 Å². The van der Waals surface area contributed by atoms with E-state index in [1.54, 1.807) is 12.2 Å². The van der Waals surface area contributed by atoms with E-state index in [9.17, 15) is 4.79 Å². The van der Waals surface area contributed by atoms with E-state index in [2.05, 4.69) is 12.2 Å². The lowest BCUT2D eigenvalue weighted by Crippen LogP contribution is -2.39. The summed E-state index contributed by atoms with van der Waals surface area (Å²) < 4.78 is 5.41. The predicted molar refractivity (Wildman–Crippen MR) is 79.0 cm³/mol. The summed E-state index contributed by atoms with van der Waals surface area (Å²) in [6, 6.07) is 4.05. The Morgan fingerprint density at radius 2 is 2.25 bits per heavy atom. The molecule has 0 saturated heterocycles. The minimum atomic E-state index is -0.0191. The van der Waals surface area contributed by atoms with Crippen molar-refractivity contribution in [2.75, 3.05) is 0 Å². The molecule has 2 aliphatic carbocycles. The Kier molecular flexibility index (Phi) is 3.68. The minimum Gasteiger partial charge on any atom is -0.462 e. The fourth-order valence-corrected chi connectivity index (χ4v) is 3.99. The molecule has 0 spiro atoms. The first-order valence-corrected chi connectivity index (χ1v) is 7.67. The third-order valence-corrected chi connectivity index (χ3v) is 4.97. The lowest BCUT2D eigenvalue weighted by Gasteiger charge is -2.28. The van der Waals surface area contributed by atoms with Crippen LogP contribution in [0.1, 0.15) is 44.1 Å². The van der Waals surface area contributed by atoms with Gasteiger partial charge in [-0.15, -0.1) is 0 Å². The summed E-state index contributed by atoms with van der Waals surface area (Å²) in [6.07, 6.45) is 8.74. The van der Waals surface area contributed by atoms with E-state index in [0.717, 1.165) is 23.4 Å². The highest BCUT2D eigenvalue weighted by molar-refractivity contribution is 5.91. The van der Waals surface area contributed by atoms with Crippen molar-refractivity contribution < 1.29 is 9.21 Å². The molecular weight excluding hydrogens is 250 g/mol. The van der Waals surface area contributed by atoms with Crippen LogP contribution in [0.4, 0.5) is 0 Å². The van der Waals surface area contributed by atoms with Crippen LogP contribution in [-0.2, 0) is 4.79 Å². The van der Waals surface area contributed by atoms with Crippen LogP contribution >= 0.6 is 0 Å².